The van der Waals surface area contributed by atoms with Crippen molar-refractivity contribution in [2.75, 3.05) is 0 Å². The third-order valence-electron chi connectivity index (χ3n) is 3.22. The molecular formula is C18H12Cl2N2O2. The maximum Gasteiger partial charge on any atom is 0.271 e. The Labute approximate surface area is 148 Å². The zero-order valence-electron chi connectivity index (χ0n) is 12.4. The minimum atomic E-state index is -0.289. The molecule has 4 nitrogen and oxygen atoms in total. The zero-order chi connectivity index (χ0) is 16.9. The number of nitrogens with one attached hydrogen (secondary N) is 1. The smallest absolute Gasteiger partial charge is 0.271 e. The number of halogens is 2. The Bertz CT molecular complexity index is 889. The first kappa shape index (κ1) is 16.3. The fourth-order valence-electron chi connectivity index (χ4n) is 2.04. The average Bonchev–Trinajstić information content (AvgIpc) is 3.07. The lowest BCUT2D eigenvalue weighted by atomic mass is 10.2. The first-order valence-electron chi connectivity index (χ1n) is 7.07. The minimum absolute atomic E-state index is 0.289. The van der Waals surface area contributed by atoms with Crippen molar-refractivity contribution in [3.8, 4) is 11.3 Å². The number of amides is 1. The van der Waals surface area contributed by atoms with E-state index in [4.69, 9.17) is 27.6 Å². The molecule has 0 radical (unpaired) electrons. The molecule has 0 unspecified atom stereocenters. The van der Waals surface area contributed by atoms with Crippen LogP contribution in [0.25, 0.3) is 11.3 Å². The summed E-state index contributed by atoms with van der Waals surface area (Å²) in [5.41, 5.74) is 3.78. The van der Waals surface area contributed by atoms with E-state index < -0.39 is 0 Å². The SMILES string of the molecule is O=C(N/N=C\c1ccc(-c2ccc(Cl)c(Cl)c2)o1)c1ccccc1. The van der Waals surface area contributed by atoms with Gasteiger partial charge in [0.05, 0.1) is 16.3 Å². The van der Waals surface area contributed by atoms with E-state index >= 15 is 0 Å². The van der Waals surface area contributed by atoms with E-state index in [-0.39, 0.29) is 5.91 Å². The van der Waals surface area contributed by atoms with Gasteiger partial charge in [0, 0.05) is 11.1 Å². The van der Waals surface area contributed by atoms with Gasteiger partial charge in [-0.1, -0.05) is 41.4 Å². The van der Waals surface area contributed by atoms with Gasteiger partial charge >= 0.3 is 0 Å². The normalized spacial score (nSPS) is 10.9. The molecule has 0 bridgehead atoms. The molecule has 1 aromatic heterocycles. The van der Waals surface area contributed by atoms with Gasteiger partial charge in [-0.15, -0.1) is 0 Å². The molecule has 0 saturated carbocycles. The predicted molar refractivity (Wildman–Crippen MR) is 95.7 cm³/mol. The summed E-state index contributed by atoms with van der Waals surface area (Å²) in [6.07, 6.45) is 1.43. The molecular weight excluding hydrogens is 347 g/mol. The van der Waals surface area contributed by atoms with Crippen LogP contribution in [-0.2, 0) is 0 Å². The highest BCUT2D eigenvalue weighted by atomic mass is 35.5. The van der Waals surface area contributed by atoms with Crippen LogP contribution in [0, 0.1) is 0 Å². The van der Waals surface area contributed by atoms with Gasteiger partial charge in [0.25, 0.3) is 5.91 Å². The number of hydrogen-bond donors (Lipinski definition) is 1. The van der Waals surface area contributed by atoms with Crippen LogP contribution in [0.4, 0.5) is 0 Å². The number of furan rings is 1. The highest BCUT2D eigenvalue weighted by Gasteiger charge is 2.07. The number of hydrazone groups is 1. The van der Waals surface area contributed by atoms with Crippen LogP contribution in [-0.4, -0.2) is 12.1 Å². The number of nitrogens with zero attached hydrogens (tertiary/aromatic N) is 1. The zero-order valence-corrected chi connectivity index (χ0v) is 13.9. The van der Waals surface area contributed by atoms with E-state index in [0.717, 1.165) is 5.56 Å². The topological polar surface area (TPSA) is 54.6 Å². The molecule has 3 rings (SSSR count). The molecule has 1 amide bonds. The summed E-state index contributed by atoms with van der Waals surface area (Å²) in [5.74, 6) is 0.844. The van der Waals surface area contributed by atoms with Crippen molar-refractivity contribution in [2.45, 2.75) is 0 Å². The van der Waals surface area contributed by atoms with Gasteiger partial charge in [-0.25, -0.2) is 5.43 Å². The summed E-state index contributed by atoms with van der Waals surface area (Å²) in [5, 5.41) is 4.83. The Morgan fingerprint density at radius 3 is 2.54 bits per heavy atom. The van der Waals surface area contributed by atoms with E-state index in [0.29, 0.717) is 27.1 Å². The second kappa shape index (κ2) is 7.34. The van der Waals surface area contributed by atoms with Crippen LogP contribution in [0.15, 0.2) is 70.2 Å². The van der Waals surface area contributed by atoms with Crippen LogP contribution >= 0.6 is 23.2 Å². The molecule has 0 aliphatic carbocycles. The van der Waals surface area contributed by atoms with Crippen LogP contribution in [0.3, 0.4) is 0 Å². The van der Waals surface area contributed by atoms with Crippen molar-refractivity contribution >= 4 is 35.3 Å². The molecule has 120 valence electrons. The second-order valence-corrected chi connectivity index (χ2v) is 5.71. The predicted octanol–water partition coefficient (Wildman–Crippen LogP) is 5.02. The molecule has 1 N–H and O–H groups in total. The second-order valence-electron chi connectivity index (χ2n) is 4.90. The third kappa shape index (κ3) is 3.85. The minimum Gasteiger partial charge on any atom is -0.455 e. The number of rotatable bonds is 4. The van der Waals surface area contributed by atoms with Gasteiger partial charge < -0.3 is 4.42 Å². The highest BCUT2D eigenvalue weighted by Crippen LogP contribution is 2.29. The van der Waals surface area contributed by atoms with E-state index in [2.05, 4.69) is 10.5 Å². The van der Waals surface area contributed by atoms with E-state index in [1.807, 2.05) is 12.1 Å². The van der Waals surface area contributed by atoms with Gasteiger partial charge in [0.15, 0.2) is 0 Å². The molecule has 24 heavy (non-hydrogen) atoms. The number of carbonyl (C=O) groups excluding carboxylic acids is 1. The van der Waals surface area contributed by atoms with Gasteiger partial charge in [-0.05, 0) is 42.5 Å². The Balaban J connectivity index is 1.67. The van der Waals surface area contributed by atoms with Crippen molar-refractivity contribution in [1.82, 2.24) is 5.43 Å². The van der Waals surface area contributed by atoms with E-state index in [9.17, 15) is 4.79 Å². The van der Waals surface area contributed by atoms with Crippen molar-refractivity contribution in [3.05, 3.63) is 82.0 Å². The number of benzene rings is 2. The Morgan fingerprint density at radius 2 is 1.79 bits per heavy atom. The standard InChI is InChI=1S/C18H12Cl2N2O2/c19-15-8-6-13(10-16(15)20)17-9-7-14(24-17)11-21-22-18(23)12-4-2-1-3-5-12/h1-11H,(H,22,23)/b21-11-. The third-order valence-corrected chi connectivity index (χ3v) is 3.96. The van der Waals surface area contributed by atoms with E-state index in [1.165, 1.54) is 6.21 Å². The Morgan fingerprint density at radius 1 is 1.00 bits per heavy atom. The molecule has 3 aromatic rings. The highest BCUT2D eigenvalue weighted by molar-refractivity contribution is 6.42. The summed E-state index contributed by atoms with van der Waals surface area (Å²) in [6.45, 7) is 0. The van der Waals surface area contributed by atoms with Gasteiger partial charge in [-0.2, -0.15) is 5.10 Å². The van der Waals surface area contributed by atoms with Crippen LogP contribution in [0.2, 0.25) is 10.0 Å². The molecule has 0 atom stereocenters. The molecule has 0 aliphatic rings. The lowest BCUT2D eigenvalue weighted by Gasteiger charge is -1.99. The van der Waals surface area contributed by atoms with Gasteiger partial charge in [0.2, 0.25) is 0 Å². The Hall–Kier alpha value is -2.56. The van der Waals surface area contributed by atoms with Crippen molar-refractivity contribution in [3.63, 3.8) is 0 Å². The lowest BCUT2D eigenvalue weighted by Crippen LogP contribution is -2.17. The Kier molecular flexibility index (Phi) is 4.99. The molecule has 0 fully saturated rings. The number of carbonyl (C=O) groups is 1. The molecule has 1 heterocycles. The number of hydrogen-bond acceptors (Lipinski definition) is 3. The maximum atomic E-state index is 11.8. The van der Waals surface area contributed by atoms with Crippen LogP contribution in [0.5, 0.6) is 0 Å². The molecule has 6 heteroatoms. The fraction of sp³-hybridized carbons (Fsp3) is 0. The lowest BCUT2D eigenvalue weighted by molar-refractivity contribution is 0.0955. The van der Waals surface area contributed by atoms with Crippen LogP contribution in [0.1, 0.15) is 16.1 Å². The largest absolute Gasteiger partial charge is 0.455 e. The molecule has 0 spiro atoms. The molecule has 2 aromatic carbocycles. The first-order valence-corrected chi connectivity index (χ1v) is 7.83. The summed E-state index contributed by atoms with van der Waals surface area (Å²) < 4.78 is 5.65. The monoisotopic (exact) mass is 358 g/mol. The quantitative estimate of drug-likeness (QED) is 0.525. The molecule has 0 aliphatic heterocycles. The van der Waals surface area contributed by atoms with Crippen molar-refractivity contribution in [2.24, 2.45) is 5.10 Å². The molecule has 0 saturated heterocycles. The van der Waals surface area contributed by atoms with Crippen molar-refractivity contribution < 1.29 is 9.21 Å². The summed E-state index contributed by atoms with van der Waals surface area (Å²) in [4.78, 5) is 11.8. The van der Waals surface area contributed by atoms with Crippen molar-refractivity contribution in [1.29, 1.82) is 0 Å². The van der Waals surface area contributed by atoms with Gasteiger partial charge in [0.1, 0.15) is 11.5 Å². The average molecular weight is 359 g/mol. The summed E-state index contributed by atoms with van der Waals surface area (Å²) >= 11 is 11.9. The van der Waals surface area contributed by atoms with Gasteiger partial charge in [-0.3, -0.25) is 4.79 Å². The summed E-state index contributed by atoms with van der Waals surface area (Å²) in [7, 11) is 0. The maximum absolute atomic E-state index is 11.8. The first-order chi connectivity index (χ1) is 11.6. The van der Waals surface area contributed by atoms with E-state index in [1.54, 1.807) is 48.5 Å². The van der Waals surface area contributed by atoms with Crippen LogP contribution < -0.4 is 5.43 Å². The summed E-state index contributed by atoms with van der Waals surface area (Å²) in [6, 6.07) is 17.6. The fourth-order valence-corrected chi connectivity index (χ4v) is 2.33.